The molecule has 0 heterocycles. The lowest BCUT2D eigenvalue weighted by molar-refractivity contribution is -0.0470. The maximum atomic E-state index is 9.91. The van der Waals surface area contributed by atoms with Crippen molar-refractivity contribution in [3.05, 3.63) is 34.4 Å². The first-order valence-corrected chi connectivity index (χ1v) is 5.69. The molecule has 90 valence electrons. The molecule has 0 aliphatic heterocycles. The highest BCUT2D eigenvalue weighted by atomic mass is 16.3. The minimum absolute atomic E-state index is 0.501. The summed E-state index contributed by atoms with van der Waals surface area (Å²) in [6, 6.07) is 4.22. The van der Waals surface area contributed by atoms with Gasteiger partial charge in [0.15, 0.2) is 0 Å². The van der Waals surface area contributed by atoms with Crippen LogP contribution in [0.1, 0.15) is 36.1 Å². The minimum atomic E-state index is -1.05. The maximum Gasteiger partial charge on any atom is 0.0862 e. The molecule has 1 rings (SSSR count). The molecule has 1 atom stereocenters. The van der Waals surface area contributed by atoms with Crippen molar-refractivity contribution in [3.63, 3.8) is 0 Å². The van der Waals surface area contributed by atoms with Gasteiger partial charge in [-0.15, -0.1) is 0 Å². The Morgan fingerprint density at radius 3 is 1.94 bits per heavy atom. The summed E-state index contributed by atoms with van der Waals surface area (Å²) in [6.07, 6.45) is -0.228. The van der Waals surface area contributed by atoms with Crippen molar-refractivity contribution in [2.45, 2.75) is 52.7 Å². The van der Waals surface area contributed by atoms with Crippen LogP contribution in [-0.4, -0.2) is 21.9 Å². The molecule has 16 heavy (non-hydrogen) atoms. The molecule has 2 nitrogen and oxygen atoms in total. The highest BCUT2D eigenvalue weighted by Crippen LogP contribution is 2.21. The number of rotatable bonds is 3. The van der Waals surface area contributed by atoms with Gasteiger partial charge in [-0.1, -0.05) is 17.7 Å². The molecule has 1 aromatic carbocycles. The van der Waals surface area contributed by atoms with Gasteiger partial charge in [-0.25, -0.2) is 0 Å². The molecule has 0 spiro atoms. The van der Waals surface area contributed by atoms with Crippen molar-refractivity contribution in [2.24, 2.45) is 0 Å². The molecule has 0 saturated carbocycles. The summed E-state index contributed by atoms with van der Waals surface area (Å²) in [5.41, 5.74) is 3.68. The standard InChI is InChI=1S/C14H22O2/c1-9-6-10(2)12(11(3)7-9)8-13(15)14(4,5)16/h6-7,13,15-16H,8H2,1-5H3. The molecule has 0 saturated heterocycles. The summed E-state index contributed by atoms with van der Waals surface area (Å²) in [5.74, 6) is 0. The normalized spacial score (nSPS) is 13.9. The van der Waals surface area contributed by atoms with E-state index < -0.39 is 11.7 Å². The van der Waals surface area contributed by atoms with Gasteiger partial charge in [-0.05, 0) is 51.3 Å². The lowest BCUT2D eigenvalue weighted by atomic mass is 9.90. The number of benzene rings is 1. The third-order valence-electron chi connectivity index (χ3n) is 3.05. The quantitative estimate of drug-likeness (QED) is 0.823. The Balaban J connectivity index is 2.98. The first-order chi connectivity index (χ1) is 7.21. The van der Waals surface area contributed by atoms with Crippen LogP contribution >= 0.6 is 0 Å². The van der Waals surface area contributed by atoms with E-state index in [0.717, 1.165) is 5.56 Å². The van der Waals surface area contributed by atoms with E-state index in [1.807, 2.05) is 13.8 Å². The van der Waals surface area contributed by atoms with Crippen molar-refractivity contribution in [1.29, 1.82) is 0 Å². The number of hydrogen-bond donors (Lipinski definition) is 2. The van der Waals surface area contributed by atoms with Crippen LogP contribution in [0.25, 0.3) is 0 Å². The van der Waals surface area contributed by atoms with Gasteiger partial charge in [0, 0.05) is 6.42 Å². The van der Waals surface area contributed by atoms with E-state index in [1.165, 1.54) is 16.7 Å². The molecular weight excluding hydrogens is 200 g/mol. The van der Waals surface area contributed by atoms with E-state index in [1.54, 1.807) is 13.8 Å². The lowest BCUT2D eigenvalue weighted by Crippen LogP contribution is -2.37. The highest BCUT2D eigenvalue weighted by molar-refractivity contribution is 5.38. The highest BCUT2D eigenvalue weighted by Gasteiger charge is 2.25. The van der Waals surface area contributed by atoms with Crippen LogP contribution in [0.3, 0.4) is 0 Å². The fourth-order valence-corrected chi connectivity index (χ4v) is 1.98. The van der Waals surface area contributed by atoms with E-state index in [9.17, 15) is 10.2 Å². The third-order valence-corrected chi connectivity index (χ3v) is 3.05. The molecular formula is C14H22O2. The van der Waals surface area contributed by atoms with E-state index in [4.69, 9.17) is 0 Å². The SMILES string of the molecule is Cc1cc(C)c(CC(O)C(C)(C)O)c(C)c1. The van der Waals surface area contributed by atoms with E-state index in [0.29, 0.717) is 6.42 Å². The van der Waals surface area contributed by atoms with Crippen molar-refractivity contribution >= 4 is 0 Å². The molecule has 0 amide bonds. The Morgan fingerprint density at radius 2 is 1.56 bits per heavy atom. The second kappa shape index (κ2) is 4.56. The van der Waals surface area contributed by atoms with Crippen LogP contribution in [0, 0.1) is 20.8 Å². The molecule has 0 aromatic heterocycles. The lowest BCUT2D eigenvalue weighted by Gasteiger charge is -2.26. The topological polar surface area (TPSA) is 40.5 Å². The Morgan fingerprint density at radius 1 is 1.12 bits per heavy atom. The van der Waals surface area contributed by atoms with Crippen LogP contribution < -0.4 is 0 Å². The Labute approximate surface area is 97.9 Å². The van der Waals surface area contributed by atoms with Crippen LogP contribution in [-0.2, 0) is 6.42 Å². The molecule has 0 aliphatic carbocycles. The van der Waals surface area contributed by atoms with Gasteiger partial charge in [0.25, 0.3) is 0 Å². The Bertz CT molecular complexity index is 352. The van der Waals surface area contributed by atoms with Gasteiger partial charge in [0.1, 0.15) is 0 Å². The van der Waals surface area contributed by atoms with E-state index >= 15 is 0 Å². The average molecular weight is 222 g/mol. The molecule has 1 unspecified atom stereocenters. The van der Waals surface area contributed by atoms with Gasteiger partial charge in [0.05, 0.1) is 11.7 Å². The first-order valence-electron chi connectivity index (χ1n) is 5.69. The second-order valence-corrected chi connectivity index (χ2v) is 5.25. The smallest absolute Gasteiger partial charge is 0.0862 e. The zero-order chi connectivity index (χ0) is 12.5. The summed E-state index contributed by atoms with van der Waals surface area (Å²) in [6.45, 7) is 9.43. The summed E-state index contributed by atoms with van der Waals surface area (Å²) < 4.78 is 0. The molecule has 2 heteroatoms. The summed E-state index contributed by atoms with van der Waals surface area (Å²) >= 11 is 0. The largest absolute Gasteiger partial charge is 0.390 e. The summed E-state index contributed by atoms with van der Waals surface area (Å²) in [7, 11) is 0. The van der Waals surface area contributed by atoms with E-state index in [2.05, 4.69) is 19.1 Å². The Hall–Kier alpha value is -0.860. The van der Waals surface area contributed by atoms with Crippen molar-refractivity contribution in [3.8, 4) is 0 Å². The fraction of sp³-hybridized carbons (Fsp3) is 0.571. The predicted molar refractivity (Wildman–Crippen MR) is 66.7 cm³/mol. The van der Waals surface area contributed by atoms with Gasteiger partial charge in [-0.2, -0.15) is 0 Å². The predicted octanol–water partition coefficient (Wildman–Crippen LogP) is 2.29. The summed E-state index contributed by atoms with van der Waals surface area (Å²) in [5, 5.41) is 19.6. The Kier molecular flexibility index (Phi) is 3.76. The summed E-state index contributed by atoms with van der Waals surface area (Å²) in [4.78, 5) is 0. The zero-order valence-corrected chi connectivity index (χ0v) is 10.8. The van der Waals surface area contributed by atoms with Crippen LogP contribution in [0.2, 0.25) is 0 Å². The molecule has 0 radical (unpaired) electrons. The maximum absolute atomic E-state index is 9.91. The molecule has 1 aromatic rings. The molecule has 0 bridgehead atoms. The first kappa shape index (κ1) is 13.2. The van der Waals surface area contributed by atoms with Crippen LogP contribution in [0.5, 0.6) is 0 Å². The van der Waals surface area contributed by atoms with Crippen molar-refractivity contribution < 1.29 is 10.2 Å². The minimum Gasteiger partial charge on any atom is -0.390 e. The monoisotopic (exact) mass is 222 g/mol. The number of aliphatic hydroxyl groups excluding tert-OH is 1. The van der Waals surface area contributed by atoms with Gasteiger partial charge < -0.3 is 10.2 Å². The zero-order valence-electron chi connectivity index (χ0n) is 10.8. The van der Waals surface area contributed by atoms with Gasteiger partial charge in [-0.3, -0.25) is 0 Å². The molecule has 2 N–H and O–H groups in total. The van der Waals surface area contributed by atoms with Gasteiger partial charge >= 0.3 is 0 Å². The molecule has 0 aliphatic rings. The molecule has 0 fully saturated rings. The third kappa shape index (κ3) is 3.06. The van der Waals surface area contributed by atoms with Crippen LogP contribution in [0.15, 0.2) is 12.1 Å². The van der Waals surface area contributed by atoms with Crippen molar-refractivity contribution in [2.75, 3.05) is 0 Å². The number of hydrogen-bond acceptors (Lipinski definition) is 2. The second-order valence-electron chi connectivity index (χ2n) is 5.25. The van der Waals surface area contributed by atoms with E-state index in [-0.39, 0.29) is 0 Å². The van der Waals surface area contributed by atoms with Crippen LogP contribution in [0.4, 0.5) is 0 Å². The number of aryl methyl sites for hydroxylation is 3. The average Bonchev–Trinajstić information content (AvgIpc) is 2.08. The fourth-order valence-electron chi connectivity index (χ4n) is 1.98. The van der Waals surface area contributed by atoms with Gasteiger partial charge in [0.2, 0.25) is 0 Å². The van der Waals surface area contributed by atoms with Crippen molar-refractivity contribution in [1.82, 2.24) is 0 Å². The number of aliphatic hydroxyl groups is 2.